The number of H-pyrrole nitrogens is 2. The standard InChI is InChI=1S/C15H11FN2O3/c1-7-4-9(11(16)6-13(7)19)8-2-3-12-10(5-8)14(20)18-15(21)17-12/h2-6,19H,1H3,(H2,17,18,20,21). The van der Waals surface area contributed by atoms with Crippen LogP contribution < -0.4 is 11.2 Å². The number of rotatable bonds is 1. The molecule has 3 aromatic rings. The Morgan fingerprint density at radius 2 is 1.86 bits per heavy atom. The zero-order valence-corrected chi connectivity index (χ0v) is 11.0. The van der Waals surface area contributed by atoms with Crippen LogP contribution >= 0.6 is 0 Å². The van der Waals surface area contributed by atoms with Gasteiger partial charge in [0.25, 0.3) is 5.56 Å². The van der Waals surface area contributed by atoms with Crippen molar-refractivity contribution >= 4 is 10.9 Å². The molecule has 2 aromatic carbocycles. The first-order chi connectivity index (χ1) is 9.95. The van der Waals surface area contributed by atoms with Crippen molar-refractivity contribution in [1.29, 1.82) is 0 Å². The molecule has 0 aliphatic carbocycles. The van der Waals surface area contributed by atoms with E-state index in [1.54, 1.807) is 19.1 Å². The highest BCUT2D eigenvalue weighted by atomic mass is 19.1. The number of hydrogen-bond acceptors (Lipinski definition) is 3. The number of fused-ring (bicyclic) bond motifs is 1. The SMILES string of the molecule is Cc1cc(-c2ccc3[nH]c(=O)[nH]c(=O)c3c2)c(F)cc1O. The predicted octanol–water partition coefficient (Wildman–Crippen LogP) is 2.04. The Labute approximate surface area is 117 Å². The minimum Gasteiger partial charge on any atom is -0.508 e. The van der Waals surface area contributed by atoms with Crippen molar-refractivity contribution in [3.8, 4) is 16.9 Å². The van der Waals surface area contributed by atoms with Crippen LogP contribution in [0.25, 0.3) is 22.0 Å². The molecule has 0 spiro atoms. The van der Waals surface area contributed by atoms with Crippen LogP contribution in [-0.2, 0) is 0 Å². The van der Waals surface area contributed by atoms with E-state index in [4.69, 9.17) is 0 Å². The number of benzene rings is 2. The summed E-state index contributed by atoms with van der Waals surface area (Å²) in [6.07, 6.45) is 0. The van der Waals surface area contributed by atoms with Gasteiger partial charge in [-0.2, -0.15) is 0 Å². The average molecular weight is 286 g/mol. The molecule has 3 rings (SSSR count). The van der Waals surface area contributed by atoms with E-state index in [0.717, 1.165) is 6.07 Å². The Morgan fingerprint density at radius 1 is 1.10 bits per heavy atom. The summed E-state index contributed by atoms with van der Waals surface area (Å²) in [5.74, 6) is -0.711. The molecule has 0 radical (unpaired) electrons. The molecule has 6 heteroatoms. The Morgan fingerprint density at radius 3 is 2.62 bits per heavy atom. The molecule has 0 fully saturated rings. The average Bonchev–Trinajstić information content (AvgIpc) is 2.42. The van der Waals surface area contributed by atoms with Gasteiger partial charge in [-0.05, 0) is 36.2 Å². The fraction of sp³-hybridized carbons (Fsp3) is 0.0667. The molecule has 5 nitrogen and oxygen atoms in total. The van der Waals surface area contributed by atoms with Crippen LogP contribution in [0.15, 0.2) is 39.9 Å². The van der Waals surface area contributed by atoms with E-state index >= 15 is 0 Å². The summed E-state index contributed by atoms with van der Waals surface area (Å²) < 4.78 is 14.0. The zero-order valence-electron chi connectivity index (χ0n) is 11.0. The predicted molar refractivity (Wildman–Crippen MR) is 77.0 cm³/mol. The number of aromatic amines is 2. The molecule has 1 aromatic heterocycles. The monoisotopic (exact) mass is 286 g/mol. The van der Waals surface area contributed by atoms with E-state index in [2.05, 4.69) is 9.97 Å². The van der Waals surface area contributed by atoms with E-state index in [0.29, 0.717) is 16.6 Å². The number of hydrogen-bond donors (Lipinski definition) is 3. The van der Waals surface area contributed by atoms with Gasteiger partial charge in [-0.25, -0.2) is 9.18 Å². The van der Waals surface area contributed by atoms with Crippen LogP contribution in [0, 0.1) is 12.7 Å². The van der Waals surface area contributed by atoms with Crippen LogP contribution in [0.1, 0.15) is 5.56 Å². The van der Waals surface area contributed by atoms with Crippen molar-refractivity contribution in [2.75, 3.05) is 0 Å². The molecule has 21 heavy (non-hydrogen) atoms. The molecular weight excluding hydrogens is 275 g/mol. The van der Waals surface area contributed by atoms with E-state index in [9.17, 15) is 19.1 Å². The van der Waals surface area contributed by atoms with Crippen molar-refractivity contribution < 1.29 is 9.50 Å². The van der Waals surface area contributed by atoms with Crippen molar-refractivity contribution in [3.05, 3.63) is 62.6 Å². The topological polar surface area (TPSA) is 86.0 Å². The second-order valence-electron chi connectivity index (χ2n) is 4.79. The van der Waals surface area contributed by atoms with E-state index in [1.165, 1.54) is 12.1 Å². The smallest absolute Gasteiger partial charge is 0.326 e. The summed E-state index contributed by atoms with van der Waals surface area (Å²) in [6.45, 7) is 1.66. The molecule has 0 atom stereocenters. The lowest BCUT2D eigenvalue weighted by Crippen LogP contribution is -2.21. The third-order valence-electron chi connectivity index (χ3n) is 3.34. The summed E-state index contributed by atoms with van der Waals surface area (Å²) in [5.41, 5.74) is 0.544. The quantitative estimate of drug-likeness (QED) is 0.640. The van der Waals surface area contributed by atoms with Gasteiger partial charge in [-0.3, -0.25) is 9.78 Å². The van der Waals surface area contributed by atoms with Gasteiger partial charge in [0.1, 0.15) is 11.6 Å². The number of aromatic hydroxyl groups is 1. The number of aromatic nitrogens is 2. The van der Waals surface area contributed by atoms with Crippen LogP contribution in [0.3, 0.4) is 0 Å². The Balaban J connectivity index is 2.29. The Bertz CT molecular complexity index is 973. The summed E-state index contributed by atoms with van der Waals surface area (Å²) in [4.78, 5) is 27.6. The molecular formula is C15H11FN2O3. The first kappa shape index (κ1) is 13.1. The maximum atomic E-state index is 14.0. The number of phenolic OH excluding ortho intramolecular Hbond substituents is 1. The summed E-state index contributed by atoms with van der Waals surface area (Å²) in [5, 5.41) is 9.74. The highest BCUT2D eigenvalue weighted by Gasteiger charge is 2.10. The van der Waals surface area contributed by atoms with Gasteiger partial charge < -0.3 is 10.1 Å². The number of nitrogens with one attached hydrogen (secondary N) is 2. The van der Waals surface area contributed by atoms with Crippen molar-refractivity contribution in [1.82, 2.24) is 9.97 Å². The van der Waals surface area contributed by atoms with Crippen LogP contribution in [0.5, 0.6) is 5.75 Å². The van der Waals surface area contributed by atoms with Gasteiger partial charge in [0.2, 0.25) is 0 Å². The summed E-state index contributed by atoms with van der Waals surface area (Å²) in [6, 6.07) is 7.19. The maximum Gasteiger partial charge on any atom is 0.326 e. The summed E-state index contributed by atoms with van der Waals surface area (Å²) in [7, 11) is 0. The van der Waals surface area contributed by atoms with Gasteiger partial charge in [-0.15, -0.1) is 0 Å². The number of halogens is 1. The lowest BCUT2D eigenvalue weighted by molar-refractivity contribution is 0.465. The van der Waals surface area contributed by atoms with E-state index in [-0.39, 0.29) is 16.7 Å². The molecule has 3 N–H and O–H groups in total. The third-order valence-corrected chi connectivity index (χ3v) is 3.34. The van der Waals surface area contributed by atoms with Crippen LogP contribution in [0.2, 0.25) is 0 Å². The molecule has 106 valence electrons. The molecule has 0 unspecified atom stereocenters. The number of aryl methyl sites for hydroxylation is 1. The first-order valence-electron chi connectivity index (χ1n) is 6.21. The second-order valence-corrected chi connectivity index (χ2v) is 4.79. The van der Waals surface area contributed by atoms with Gasteiger partial charge in [0, 0.05) is 11.6 Å². The van der Waals surface area contributed by atoms with Crippen LogP contribution in [-0.4, -0.2) is 15.1 Å². The van der Waals surface area contributed by atoms with Crippen molar-refractivity contribution in [2.24, 2.45) is 0 Å². The highest BCUT2D eigenvalue weighted by molar-refractivity contribution is 5.83. The molecule has 0 bridgehead atoms. The Kier molecular flexibility index (Phi) is 2.86. The van der Waals surface area contributed by atoms with E-state index in [1.807, 2.05) is 0 Å². The molecule has 0 saturated carbocycles. The largest absolute Gasteiger partial charge is 0.508 e. The molecule has 0 aliphatic rings. The zero-order chi connectivity index (χ0) is 15.1. The molecule has 0 aliphatic heterocycles. The van der Waals surface area contributed by atoms with Gasteiger partial charge >= 0.3 is 5.69 Å². The molecule has 1 heterocycles. The van der Waals surface area contributed by atoms with E-state index < -0.39 is 17.1 Å². The number of phenols is 1. The Hall–Kier alpha value is -2.89. The fourth-order valence-electron chi connectivity index (χ4n) is 2.22. The minimum absolute atomic E-state index is 0.126. The fourth-order valence-corrected chi connectivity index (χ4v) is 2.22. The first-order valence-corrected chi connectivity index (χ1v) is 6.21. The van der Waals surface area contributed by atoms with Crippen molar-refractivity contribution in [3.63, 3.8) is 0 Å². The lowest BCUT2D eigenvalue weighted by Gasteiger charge is -2.07. The minimum atomic E-state index is -0.591. The second kappa shape index (κ2) is 4.59. The maximum absolute atomic E-state index is 14.0. The van der Waals surface area contributed by atoms with Gasteiger partial charge in [-0.1, -0.05) is 6.07 Å². The highest BCUT2D eigenvalue weighted by Crippen LogP contribution is 2.29. The van der Waals surface area contributed by atoms with Gasteiger partial charge in [0.15, 0.2) is 0 Å². The normalized spacial score (nSPS) is 11.0. The molecule has 0 amide bonds. The van der Waals surface area contributed by atoms with Crippen molar-refractivity contribution in [2.45, 2.75) is 6.92 Å². The van der Waals surface area contributed by atoms with Gasteiger partial charge in [0.05, 0.1) is 10.9 Å². The molecule has 0 saturated heterocycles. The summed E-state index contributed by atoms with van der Waals surface area (Å²) >= 11 is 0. The lowest BCUT2D eigenvalue weighted by atomic mass is 10.0. The third kappa shape index (κ3) is 2.20. The van der Waals surface area contributed by atoms with Crippen LogP contribution in [0.4, 0.5) is 4.39 Å².